The summed E-state index contributed by atoms with van der Waals surface area (Å²) in [6.07, 6.45) is 13.2. The van der Waals surface area contributed by atoms with Crippen molar-refractivity contribution in [2.45, 2.75) is 57.8 Å². The van der Waals surface area contributed by atoms with E-state index in [4.69, 9.17) is 4.74 Å². The molecule has 2 heteroatoms. The van der Waals surface area contributed by atoms with Gasteiger partial charge in [0.05, 0.1) is 6.61 Å². The maximum Gasteiger partial charge on any atom is 0.197 e. The van der Waals surface area contributed by atoms with Crippen molar-refractivity contribution < 1.29 is 9.53 Å². The summed E-state index contributed by atoms with van der Waals surface area (Å²) in [5, 5.41) is 0. The summed E-state index contributed by atoms with van der Waals surface area (Å²) in [5.41, 5.74) is 0.355. The van der Waals surface area contributed by atoms with Gasteiger partial charge in [0.2, 0.25) is 0 Å². The van der Waals surface area contributed by atoms with Crippen LogP contribution in [0.2, 0.25) is 0 Å². The molecule has 4 fully saturated rings. The number of ketones is 1. The van der Waals surface area contributed by atoms with Crippen LogP contribution in [-0.4, -0.2) is 12.4 Å². The molecule has 0 aromatic carbocycles. The summed E-state index contributed by atoms with van der Waals surface area (Å²) in [7, 11) is 0. The van der Waals surface area contributed by atoms with Gasteiger partial charge in [-0.15, -0.1) is 0 Å². The first kappa shape index (κ1) is 12.0. The zero-order valence-electron chi connectivity index (χ0n) is 11.7. The van der Waals surface area contributed by atoms with Crippen molar-refractivity contribution in [3.05, 3.63) is 11.8 Å². The first-order valence-corrected chi connectivity index (χ1v) is 8.09. The highest BCUT2D eigenvalue weighted by Crippen LogP contribution is 2.61. The number of carbonyl (C=O) groups excluding carboxylic acids is 1. The highest BCUT2D eigenvalue weighted by Gasteiger charge is 2.51. The third kappa shape index (κ3) is 2.13. The monoisotopic (exact) mass is 260 g/mol. The van der Waals surface area contributed by atoms with Gasteiger partial charge in [0.25, 0.3) is 0 Å². The summed E-state index contributed by atoms with van der Waals surface area (Å²) in [4.78, 5) is 12.5. The summed E-state index contributed by atoms with van der Waals surface area (Å²) in [5.74, 6) is 3.77. The lowest BCUT2D eigenvalue weighted by Gasteiger charge is -2.56. The molecule has 1 aliphatic heterocycles. The Morgan fingerprint density at radius 3 is 2.32 bits per heavy atom. The third-order valence-corrected chi connectivity index (χ3v) is 5.91. The van der Waals surface area contributed by atoms with Gasteiger partial charge >= 0.3 is 0 Å². The van der Waals surface area contributed by atoms with Gasteiger partial charge in [-0.05, 0) is 80.6 Å². The molecule has 0 N–H and O–H groups in total. The molecule has 19 heavy (non-hydrogen) atoms. The minimum absolute atomic E-state index is 0.293. The smallest absolute Gasteiger partial charge is 0.197 e. The van der Waals surface area contributed by atoms with Crippen molar-refractivity contribution in [3.63, 3.8) is 0 Å². The van der Waals surface area contributed by atoms with Gasteiger partial charge < -0.3 is 4.74 Å². The zero-order chi connectivity index (χ0) is 12.9. The third-order valence-electron chi connectivity index (χ3n) is 5.91. The Labute approximate surface area is 115 Å². The van der Waals surface area contributed by atoms with Crippen LogP contribution in [0.1, 0.15) is 57.8 Å². The molecule has 5 rings (SSSR count). The lowest BCUT2D eigenvalue weighted by Crippen LogP contribution is -2.47. The van der Waals surface area contributed by atoms with E-state index in [1.165, 1.54) is 38.5 Å². The fraction of sp³-hybridized carbons (Fsp3) is 0.824. The van der Waals surface area contributed by atoms with E-state index in [1.54, 1.807) is 0 Å². The van der Waals surface area contributed by atoms with E-state index in [2.05, 4.69) is 0 Å². The van der Waals surface area contributed by atoms with Gasteiger partial charge in [0, 0.05) is 6.42 Å². The molecule has 4 bridgehead atoms. The second-order valence-electron chi connectivity index (χ2n) is 7.58. The van der Waals surface area contributed by atoms with Gasteiger partial charge in [0.15, 0.2) is 11.5 Å². The molecule has 104 valence electrons. The first-order valence-electron chi connectivity index (χ1n) is 8.09. The van der Waals surface area contributed by atoms with E-state index < -0.39 is 0 Å². The lowest BCUT2D eigenvalue weighted by molar-refractivity contribution is -0.127. The number of hydrogen-bond acceptors (Lipinski definition) is 2. The van der Waals surface area contributed by atoms with Crippen LogP contribution >= 0.6 is 0 Å². The van der Waals surface area contributed by atoms with E-state index in [-0.39, 0.29) is 0 Å². The average Bonchev–Trinajstić information content (AvgIpc) is 2.37. The summed E-state index contributed by atoms with van der Waals surface area (Å²) < 4.78 is 5.57. The fourth-order valence-electron chi connectivity index (χ4n) is 5.69. The van der Waals surface area contributed by atoms with Gasteiger partial charge in [-0.3, -0.25) is 4.79 Å². The van der Waals surface area contributed by atoms with Crippen molar-refractivity contribution in [3.8, 4) is 0 Å². The van der Waals surface area contributed by atoms with Crippen LogP contribution in [0.3, 0.4) is 0 Å². The van der Waals surface area contributed by atoms with Gasteiger partial charge in [-0.1, -0.05) is 0 Å². The van der Waals surface area contributed by atoms with Crippen LogP contribution in [0.15, 0.2) is 11.8 Å². The number of Topliss-reactive ketones (excluding diaryl/α,β-unsaturated/α-hetero) is 1. The number of rotatable bonds is 3. The van der Waals surface area contributed by atoms with Crippen molar-refractivity contribution in [1.29, 1.82) is 0 Å². The van der Waals surface area contributed by atoms with Gasteiger partial charge in [0.1, 0.15) is 0 Å². The molecule has 0 aromatic rings. The Hall–Kier alpha value is -0.790. The maximum absolute atomic E-state index is 12.5. The van der Waals surface area contributed by atoms with Crippen LogP contribution < -0.4 is 0 Å². The van der Waals surface area contributed by atoms with Crippen molar-refractivity contribution in [2.24, 2.45) is 23.2 Å². The normalized spacial score (nSPS) is 43.8. The summed E-state index contributed by atoms with van der Waals surface area (Å²) in [6, 6.07) is 0. The number of hydrogen-bond donors (Lipinski definition) is 0. The lowest BCUT2D eigenvalue weighted by atomic mass is 9.48. The highest BCUT2D eigenvalue weighted by molar-refractivity contribution is 5.94. The van der Waals surface area contributed by atoms with E-state index in [0.717, 1.165) is 43.6 Å². The standard InChI is InChI=1S/C17H24O2/c18-15(16-3-1-2-4-19-16)11-17-8-12-5-13(9-17)7-14(6-12)10-17/h3,12-14H,1-2,4-11H2. The van der Waals surface area contributed by atoms with Crippen molar-refractivity contribution in [1.82, 2.24) is 0 Å². The Morgan fingerprint density at radius 2 is 1.79 bits per heavy atom. The van der Waals surface area contributed by atoms with Crippen LogP contribution in [0, 0.1) is 23.2 Å². The molecule has 0 saturated heterocycles. The Morgan fingerprint density at radius 1 is 1.16 bits per heavy atom. The van der Waals surface area contributed by atoms with E-state index in [0.29, 0.717) is 17.0 Å². The summed E-state index contributed by atoms with van der Waals surface area (Å²) >= 11 is 0. The molecular formula is C17H24O2. The summed E-state index contributed by atoms with van der Waals surface area (Å²) in [6.45, 7) is 0.735. The quantitative estimate of drug-likeness (QED) is 0.770. The molecule has 0 spiro atoms. The molecule has 0 atom stereocenters. The molecule has 4 saturated carbocycles. The van der Waals surface area contributed by atoms with Crippen molar-refractivity contribution >= 4 is 5.78 Å². The topological polar surface area (TPSA) is 26.3 Å². The molecular weight excluding hydrogens is 236 g/mol. The Bertz CT molecular complexity index is 386. The number of ether oxygens (including phenoxy) is 1. The molecule has 0 aromatic heterocycles. The molecule has 5 aliphatic rings. The second-order valence-corrected chi connectivity index (χ2v) is 7.58. The maximum atomic E-state index is 12.5. The van der Waals surface area contributed by atoms with Crippen LogP contribution in [0.4, 0.5) is 0 Å². The predicted molar refractivity (Wildman–Crippen MR) is 73.5 cm³/mol. The molecule has 0 radical (unpaired) electrons. The van der Waals surface area contributed by atoms with Crippen molar-refractivity contribution in [2.75, 3.05) is 6.61 Å². The van der Waals surface area contributed by atoms with E-state index in [9.17, 15) is 4.79 Å². The average molecular weight is 260 g/mol. The largest absolute Gasteiger partial charge is 0.490 e. The fourth-order valence-corrected chi connectivity index (χ4v) is 5.69. The SMILES string of the molecule is O=C(CC12CC3CC(CC(C3)C1)C2)C1=CCCCO1. The minimum Gasteiger partial charge on any atom is -0.490 e. The zero-order valence-corrected chi connectivity index (χ0v) is 11.7. The van der Waals surface area contributed by atoms with Crippen LogP contribution in [0.5, 0.6) is 0 Å². The predicted octanol–water partition coefficient (Wildman–Crippen LogP) is 3.86. The highest BCUT2D eigenvalue weighted by atomic mass is 16.5. The minimum atomic E-state index is 0.293. The van der Waals surface area contributed by atoms with Crippen LogP contribution in [0.25, 0.3) is 0 Å². The van der Waals surface area contributed by atoms with Crippen LogP contribution in [-0.2, 0) is 9.53 Å². The van der Waals surface area contributed by atoms with E-state index >= 15 is 0 Å². The second kappa shape index (κ2) is 4.36. The molecule has 4 aliphatic carbocycles. The number of allylic oxidation sites excluding steroid dienone is 2. The molecule has 1 heterocycles. The first-order chi connectivity index (χ1) is 9.22. The molecule has 0 amide bonds. The van der Waals surface area contributed by atoms with E-state index in [1.807, 2.05) is 6.08 Å². The van der Waals surface area contributed by atoms with Gasteiger partial charge in [-0.25, -0.2) is 0 Å². The molecule has 2 nitrogen and oxygen atoms in total. The Kier molecular flexibility index (Phi) is 2.75. The molecule has 0 unspecified atom stereocenters. The Balaban J connectivity index is 1.50. The van der Waals surface area contributed by atoms with Gasteiger partial charge in [-0.2, -0.15) is 0 Å². The number of carbonyl (C=O) groups is 1.